The minimum atomic E-state index is -0.669. The predicted molar refractivity (Wildman–Crippen MR) is 149 cm³/mol. The van der Waals surface area contributed by atoms with Crippen molar-refractivity contribution in [1.82, 2.24) is 0 Å². The van der Waals surface area contributed by atoms with E-state index in [1.807, 2.05) is 36.4 Å². The van der Waals surface area contributed by atoms with Crippen molar-refractivity contribution in [3.8, 4) is 5.75 Å². The Hall–Kier alpha value is -2.03. The van der Waals surface area contributed by atoms with E-state index in [4.69, 9.17) is 21.1 Å². The zero-order valence-corrected chi connectivity index (χ0v) is 23.6. The summed E-state index contributed by atoms with van der Waals surface area (Å²) < 4.78 is 14.0. The summed E-state index contributed by atoms with van der Waals surface area (Å²) in [5.74, 6) is -0.00854. The van der Waals surface area contributed by atoms with Crippen molar-refractivity contribution >= 4 is 96.3 Å². The summed E-state index contributed by atoms with van der Waals surface area (Å²) in [6, 6.07) is 15.5. The van der Waals surface area contributed by atoms with Crippen LogP contribution in [0.4, 0.5) is 5.69 Å². The molecule has 3 aromatic rings. The molecule has 1 heterocycles. The van der Waals surface area contributed by atoms with Crippen LogP contribution in [0.2, 0.25) is 5.02 Å². The van der Waals surface area contributed by atoms with Gasteiger partial charge < -0.3 is 9.47 Å². The molecule has 0 spiro atoms. The van der Waals surface area contributed by atoms with Crippen LogP contribution in [0.15, 0.2) is 69.8 Å². The minimum Gasteiger partial charge on any atom is -0.487 e. The summed E-state index contributed by atoms with van der Waals surface area (Å²) in [7, 11) is 0. The van der Waals surface area contributed by atoms with Crippen LogP contribution in [0.25, 0.3) is 6.08 Å². The second-order valence-electron chi connectivity index (χ2n) is 6.99. The Morgan fingerprint density at radius 2 is 1.88 bits per heavy atom. The van der Waals surface area contributed by atoms with Crippen LogP contribution in [0, 0.1) is 17.3 Å². The van der Waals surface area contributed by atoms with Crippen molar-refractivity contribution in [2.24, 2.45) is 4.99 Å². The van der Waals surface area contributed by atoms with Crippen molar-refractivity contribution in [2.45, 2.75) is 6.61 Å². The van der Waals surface area contributed by atoms with Gasteiger partial charge in [-0.15, -0.1) is 0 Å². The third-order valence-electron chi connectivity index (χ3n) is 4.61. The van der Waals surface area contributed by atoms with Gasteiger partial charge in [-0.05, 0) is 92.7 Å². The smallest absolute Gasteiger partial charge is 0.363 e. The molecule has 0 amide bonds. The lowest BCUT2D eigenvalue weighted by molar-refractivity contribution is -0.384. The molecule has 4 rings (SSSR count). The van der Waals surface area contributed by atoms with E-state index in [9.17, 15) is 14.9 Å². The maximum Gasteiger partial charge on any atom is 0.363 e. The number of benzene rings is 3. The molecule has 0 radical (unpaired) electrons. The van der Waals surface area contributed by atoms with E-state index in [2.05, 4.69) is 66.1 Å². The van der Waals surface area contributed by atoms with Gasteiger partial charge in [0.15, 0.2) is 5.70 Å². The van der Waals surface area contributed by atoms with Crippen LogP contribution in [0.3, 0.4) is 0 Å². The van der Waals surface area contributed by atoms with E-state index >= 15 is 0 Å². The average molecular weight is 766 g/mol. The van der Waals surface area contributed by atoms with Gasteiger partial charge in [0.2, 0.25) is 5.90 Å². The Morgan fingerprint density at radius 3 is 2.56 bits per heavy atom. The lowest BCUT2D eigenvalue weighted by Crippen LogP contribution is -2.06. The maximum atomic E-state index is 12.4. The van der Waals surface area contributed by atoms with E-state index in [0.717, 1.165) is 28.5 Å². The summed E-state index contributed by atoms with van der Waals surface area (Å²) in [4.78, 5) is 27.1. The van der Waals surface area contributed by atoms with Crippen LogP contribution < -0.4 is 4.74 Å². The molecule has 34 heavy (non-hydrogen) atoms. The highest BCUT2D eigenvalue weighted by Crippen LogP contribution is 2.32. The highest BCUT2D eigenvalue weighted by Gasteiger charge is 2.27. The van der Waals surface area contributed by atoms with Crippen molar-refractivity contribution < 1.29 is 19.2 Å². The highest BCUT2D eigenvalue weighted by atomic mass is 127. The zero-order valence-electron chi connectivity index (χ0n) is 16.9. The first kappa shape index (κ1) is 25.1. The molecular weight excluding hydrogens is 753 g/mol. The Kier molecular flexibility index (Phi) is 7.90. The van der Waals surface area contributed by atoms with Crippen molar-refractivity contribution in [2.75, 3.05) is 0 Å². The first-order valence-corrected chi connectivity index (χ1v) is 12.9. The lowest BCUT2D eigenvalue weighted by Gasteiger charge is -2.12. The summed E-state index contributed by atoms with van der Waals surface area (Å²) in [6.45, 7) is 0.413. The summed E-state index contributed by atoms with van der Waals surface area (Å²) in [5.41, 5.74) is 1.81. The SMILES string of the molecule is O=C1OC(c2cc([N+](=O)[O-])ccc2Cl)=N/C1=C\c1cc(I)c(OCc2cccc(Br)c2)c(I)c1. The van der Waals surface area contributed by atoms with E-state index < -0.39 is 10.9 Å². The van der Waals surface area contributed by atoms with Gasteiger partial charge in [-0.25, -0.2) is 9.79 Å². The maximum absolute atomic E-state index is 12.4. The van der Waals surface area contributed by atoms with Crippen molar-refractivity contribution in [1.29, 1.82) is 0 Å². The number of nitro benzene ring substituents is 1. The third kappa shape index (κ3) is 5.78. The minimum absolute atomic E-state index is 0.0620. The summed E-state index contributed by atoms with van der Waals surface area (Å²) in [6.07, 6.45) is 1.59. The van der Waals surface area contributed by atoms with Crippen LogP contribution >= 0.6 is 72.7 Å². The summed E-state index contributed by atoms with van der Waals surface area (Å²) >= 11 is 14.0. The quantitative estimate of drug-likeness (QED) is 0.0876. The van der Waals surface area contributed by atoms with Crippen molar-refractivity contribution in [3.63, 3.8) is 0 Å². The molecule has 0 N–H and O–H groups in total. The normalized spacial score (nSPS) is 14.2. The van der Waals surface area contributed by atoms with E-state index in [-0.39, 0.29) is 27.9 Å². The molecule has 0 fully saturated rings. The number of aliphatic imine (C=N–C) groups is 1. The number of carbonyl (C=O) groups is 1. The van der Waals surface area contributed by atoms with Crippen LogP contribution in [-0.2, 0) is 16.1 Å². The number of esters is 1. The number of nitro groups is 1. The number of hydrogen-bond donors (Lipinski definition) is 0. The molecule has 0 unspecified atom stereocenters. The summed E-state index contributed by atoms with van der Waals surface area (Å²) in [5, 5.41) is 11.3. The number of non-ortho nitro benzene ring substituents is 1. The average Bonchev–Trinajstić information content (AvgIpc) is 3.13. The number of nitrogens with zero attached hydrogens (tertiary/aromatic N) is 2. The van der Waals surface area contributed by atoms with Gasteiger partial charge in [0.1, 0.15) is 12.4 Å². The standard InChI is InChI=1S/C23H12BrClI2N2O5/c24-14-3-1-2-12(6-14)11-33-21-18(26)7-13(8-19(21)27)9-20-23(30)34-22(28-20)16-10-15(29(31)32)4-5-17(16)25/h1-10H,11H2/b20-9-. The predicted octanol–water partition coefficient (Wildman–Crippen LogP) is 7.14. The third-order valence-corrected chi connectivity index (χ3v) is 7.03. The first-order valence-electron chi connectivity index (χ1n) is 9.54. The van der Waals surface area contributed by atoms with Gasteiger partial charge in [0.25, 0.3) is 5.69 Å². The number of hydrogen-bond acceptors (Lipinski definition) is 6. The van der Waals surface area contributed by atoms with Gasteiger partial charge in [-0.2, -0.15) is 0 Å². The largest absolute Gasteiger partial charge is 0.487 e. The highest BCUT2D eigenvalue weighted by molar-refractivity contribution is 14.1. The Labute approximate surface area is 234 Å². The molecule has 1 aliphatic rings. The molecule has 1 aliphatic heterocycles. The molecule has 0 aliphatic carbocycles. The van der Waals surface area contributed by atoms with Gasteiger partial charge in [0, 0.05) is 16.6 Å². The number of cyclic esters (lactones) is 1. The molecule has 3 aromatic carbocycles. The monoisotopic (exact) mass is 764 g/mol. The zero-order chi connectivity index (χ0) is 24.4. The number of rotatable bonds is 6. The Bertz CT molecular complexity index is 1370. The molecule has 7 nitrogen and oxygen atoms in total. The van der Waals surface area contributed by atoms with Crippen LogP contribution in [-0.4, -0.2) is 16.8 Å². The molecule has 0 aromatic heterocycles. The molecule has 172 valence electrons. The van der Waals surface area contributed by atoms with Gasteiger partial charge in [0.05, 0.1) is 22.6 Å². The van der Waals surface area contributed by atoms with Crippen LogP contribution in [0.1, 0.15) is 16.7 Å². The fraction of sp³-hybridized carbons (Fsp3) is 0.0435. The molecule has 0 atom stereocenters. The number of halogens is 4. The van der Waals surface area contributed by atoms with Gasteiger partial charge in [-0.3, -0.25) is 10.1 Å². The second-order valence-corrected chi connectivity index (χ2v) is 10.6. The van der Waals surface area contributed by atoms with Gasteiger partial charge >= 0.3 is 5.97 Å². The molecular formula is C23H12BrClI2N2O5. The first-order chi connectivity index (χ1) is 16.2. The number of ether oxygens (including phenoxy) is 2. The molecule has 0 saturated heterocycles. The van der Waals surface area contributed by atoms with E-state index in [1.165, 1.54) is 18.2 Å². The second kappa shape index (κ2) is 10.7. The molecule has 11 heteroatoms. The topological polar surface area (TPSA) is 91.0 Å². The number of carbonyl (C=O) groups excluding carboxylic acids is 1. The fourth-order valence-corrected chi connectivity index (χ4v) is 5.83. The van der Waals surface area contributed by atoms with Crippen LogP contribution in [0.5, 0.6) is 5.75 Å². The lowest BCUT2D eigenvalue weighted by atomic mass is 10.2. The molecule has 0 saturated carbocycles. The van der Waals surface area contributed by atoms with E-state index in [1.54, 1.807) is 6.08 Å². The van der Waals surface area contributed by atoms with Crippen molar-refractivity contribution in [3.05, 3.63) is 104 Å². The fourth-order valence-electron chi connectivity index (χ4n) is 3.06. The Morgan fingerprint density at radius 1 is 1.15 bits per heavy atom. The molecule has 0 bridgehead atoms. The Balaban J connectivity index is 1.59. The van der Waals surface area contributed by atoms with Gasteiger partial charge in [-0.1, -0.05) is 39.7 Å². The van der Waals surface area contributed by atoms with E-state index in [0.29, 0.717) is 6.61 Å².